The normalized spacial score (nSPS) is 10.1. The average molecular weight is 339 g/mol. The van der Waals surface area contributed by atoms with Crippen molar-refractivity contribution in [3.8, 4) is 0 Å². The lowest BCUT2D eigenvalue weighted by molar-refractivity contribution is 0.0697. The molecule has 0 aromatic heterocycles. The summed E-state index contributed by atoms with van der Waals surface area (Å²) >= 11 is 10.9. The van der Waals surface area contributed by atoms with Crippen molar-refractivity contribution in [2.45, 2.75) is 6.92 Å². The fourth-order valence-electron chi connectivity index (χ4n) is 1.75. The van der Waals surface area contributed by atoms with Crippen LogP contribution in [-0.4, -0.2) is 16.2 Å². The van der Waals surface area contributed by atoms with Gasteiger partial charge in [-0.2, -0.15) is 0 Å². The Hall–Kier alpha value is -2.18. The minimum absolute atomic E-state index is 0.0168. The molecule has 22 heavy (non-hydrogen) atoms. The Labute approximate surface area is 136 Å². The molecule has 3 N–H and O–H groups in total. The molecule has 2 aromatic carbocycles. The minimum atomic E-state index is -1.02. The first-order valence-corrected chi connectivity index (χ1v) is 7.02. The lowest BCUT2D eigenvalue weighted by Gasteiger charge is -2.13. The van der Waals surface area contributed by atoms with Gasteiger partial charge >= 0.3 is 5.97 Å². The zero-order valence-corrected chi connectivity index (χ0v) is 13.1. The maximum Gasteiger partial charge on any atom is 0.335 e. The van der Waals surface area contributed by atoms with E-state index >= 15 is 0 Å². The number of rotatable bonds is 3. The Kier molecular flexibility index (Phi) is 4.95. The van der Waals surface area contributed by atoms with Crippen molar-refractivity contribution >= 4 is 46.3 Å². The first kappa shape index (κ1) is 16.2. The number of carbonyl (C=O) groups is 1. The number of carboxylic acid groups (broad SMARTS) is 1. The molecule has 0 radical (unpaired) electrons. The van der Waals surface area contributed by atoms with Gasteiger partial charge in [0.05, 0.1) is 10.6 Å². The van der Waals surface area contributed by atoms with Gasteiger partial charge in [-0.15, -0.1) is 0 Å². The van der Waals surface area contributed by atoms with Crippen molar-refractivity contribution in [1.82, 2.24) is 0 Å². The van der Waals surface area contributed by atoms with Crippen LogP contribution < -0.4 is 10.6 Å². The smallest absolute Gasteiger partial charge is 0.335 e. The topological polar surface area (TPSA) is 61.4 Å². The summed E-state index contributed by atoms with van der Waals surface area (Å²) in [5.74, 6) is -1.54. The molecule has 0 bridgehead atoms. The third-order valence-electron chi connectivity index (χ3n) is 2.91. The second-order valence-electron chi connectivity index (χ2n) is 4.54. The lowest BCUT2D eigenvalue weighted by Crippen LogP contribution is -2.20. The minimum Gasteiger partial charge on any atom is -0.478 e. The van der Waals surface area contributed by atoms with Crippen molar-refractivity contribution < 1.29 is 14.3 Å². The van der Waals surface area contributed by atoms with Crippen LogP contribution in [0.2, 0.25) is 5.02 Å². The highest BCUT2D eigenvalue weighted by Gasteiger charge is 2.08. The van der Waals surface area contributed by atoms with Gasteiger partial charge in [-0.1, -0.05) is 17.7 Å². The third-order valence-corrected chi connectivity index (χ3v) is 3.40. The highest BCUT2D eigenvalue weighted by atomic mass is 35.5. The van der Waals surface area contributed by atoms with Crippen LogP contribution in [0, 0.1) is 12.7 Å². The van der Waals surface area contributed by atoms with E-state index in [2.05, 4.69) is 10.6 Å². The number of carboxylic acids is 1. The van der Waals surface area contributed by atoms with Crippen LogP contribution in [0.15, 0.2) is 36.4 Å². The maximum absolute atomic E-state index is 13.1. The maximum atomic E-state index is 13.1. The van der Waals surface area contributed by atoms with Gasteiger partial charge in [-0.3, -0.25) is 0 Å². The van der Waals surface area contributed by atoms with Crippen LogP contribution in [0.1, 0.15) is 15.9 Å². The van der Waals surface area contributed by atoms with Gasteiger partial charge in [0.25, 0.3) is 0 Å². The first-order valence-electron chi connectivity index (χ1n) is 6.24. The molecule has 0 aliphatic carbocycles. The van der Waals surface area contributed by atoms with Crippen molar-refractivity contribution in [3.63, 3.8) is 0 Å². The van der Waals surface area contributed by atoms with Gasteiger partial charge in [0, 0.05) is 11.4 Å². The molecule has 2 rings (SSSR count). The molecular weight excluding hydrogens is 327 g/mol. The zero-order chi connectivity index (χ0) is 16.3. The molecule has 2 aromatic rings. The molecule has 7 heteroatoms. The Morgan fingerprint density at radius 1 is 1.23 bits per heavy atom. The molecule has 0 aliphatic rings. The predicted octanol–water partition coefficient (Wildman–Crippen LogP) is 4.29. The van der Waals surface area contributed by atoms with Crippen LogP contribution in [0.25, 0.3) is 0 Å². The fourth-order valence-corrected chi connectivity index (χ4v) is 2.16. The Morgan fingerprint density at radius 3 is 2.59 bits per heavy atom. The fraction of sp³-hybridized carbons (Fsp3) is 0.0667. The SMILES string of the molecule is Cc1ccc(C(=O)O)cc1NC(=S)Nc1ccc(F)c(Cl)c1. The number of nitrogens with one attached hydrogen (secondary N) is 2. The number of aryl methyl sites for hydroxylation is 1. The van der Waals surface area contributed by atoms with Crippen LogP contribution >= 0.6 is 23.8 Å². The zero-order valence-electron chi connectivity index (χ0n) is 11.5. The van der Waals surface area contributed by atoms with E-state index in [0.717, 1.165) is 5.56 Å². The number of halogens is 2. The summed E-state index contributed by atoms with van der Waals surface area (Å²) in [4.78, 5) is 11.0. The van der Waals surface area contributed by atoms with Gasteiger partial charge in [-0.25, -0.2) is 9.18 Å². The van der Waals surface area contributed by atoms with E-state index in [4.69, 9.17) is 28.9 Å². The van der Waals surface area contributed by atoms with Gasteiger partial charge in [0.15, 0.2) is 5.11 Å². The van der Waals surface area contributed by atoms with E-state index in [1.807, 2.05) is 6.92 Å². The largest absolute Gasteiger partial charge is 0.478 e. The van der Waals surface area contributed by atoms with E-state index in [1.54, 1.807) is 6.07 Å². The summed E-state index contributed by atoms with van der Waals surface area (Å²) in [7, 11) is 0. The van der Waals surface area contributed by atoms with Crippen molar-refractivity contribution in [2.24, 2.45) is 0 Å². The van der Waals surface area contributed by atoms with Crippen molar-refractivity contribution in [1.29, 1.82) is 0 Å². The van der Waals surface area contributed by atoms with Crippen molar-refractivity contribution in [3.05, 3.63) is 58.4 Å². The number of hydrogen-bond acceptors (Lipinski definition) is 2. The standard InChI is InChI=1S/C15H12ClFN2O2S/c1-8-2-3-9(14(20)21)6-13(8)19-15(22)18-10-4-5-12(17)11(16)7-10/h2-7H,1H3,(H,20,21)(H2,18,19,22). The molecule has 114 valence electrons. The summed E-state index contributed by atoms with van der Waals surface area (Å²) < 4.78 is 13.1. The molecule has 0 amide bonds. The van der Waals surface area contributed by atoms with E-state index in [1.165, 1.54) is 30.3 Å². The lowest BCUT2D eigenvalue weighted by atomic mass is 10.1. The highest BCUT2D eigenvalue weighted by Crippen LogP contribution is 2.21. The van der Waals surface area contributed by atoms with E-state index in [-0.39, 0.29) is 15.7 Å². The molecule has 4 nitrogen and oxygen atoms in total. The molecule has 0 fully saturated rings. The summed E-state index contributed by atoms with van der Waals surface area (Å²) in [5.41, 5.74) is 2.09. The van der Waals surface area contributed by atoms with Gasteiger partial charge < -0.3 is 15.7 Å². The molecule has 0 spiro atoms. The molecule has 0 atom stereocenters. The Balaban J connectivity index is 2.13. The second-order valence-corrected chi connectivity index (χ2v) is 5.36. The first-order chi connectivity index (χ1) is 10.4. The van der Waals surface area contributed by atoms with Crippen LogP contribution in [0.3, 0.4) is 0 Å². The summed E-state index contributed by atoms with van der Waals surface area (Å²) in [6.45, 7) is 1.82. The number of aromatic carboxylic acids is 1. The molecule has 0 saturated carbocycles. The van der Waals surface area contributed by atoms with Crippen LogP contribution in [0.4, 0.5) is 15.8 Å². The summed E-state index contributed by atoms with van der Waals surface area (Å²) in [5, 5.41) is 15.0. The molecule has 0 heterocycles. The van der Waals surface area contributed by atoms with E-state index < -0.39 is 11.8 Å². The average Bonchev–Trinajstić information content (AvgIpc) is 2.45. The van der Waals surface area contributed by atoms with Crippen LogP contribution in [0.5, 0.6) is 0 Å². The predicted molar refractivity (Wildman–Crippen MR) is 89.4 cm³/mol. The van der Waals surface area contributed by atoms with Gasteiger partial charge in [0.2, 0.25) is 0 Å². The van der Waals surface area contributed by atoms with Crippen LogP contribution in [-0.2, 0) is 0 Å². The Bertz CT molecular complexity index is 752. The second kappa shape index (κ2) is 6.72. The highest BCUT2D eigenvalue weighted by molar-refractivity contribution is 7.80. The number of anilines is 2. The number of hydrogen-bond donors (Lipinski definition) is 3. The van der Waals surface area contributed by atoms with Crippen molar-refractivity contribution in [2.75, 3.05) is 10.6 Å². The number of thiocarbonyl (C=S) groups is 1. The third kappa shape index (κ3) is 3.93. The van der Waals surface area contributed by atoms with Gasteiger partial charge in [0.1, 0.15) is 5.82 Å². The van der Waals surface area contributed by atoms with E-state index in [9.17, 15) is 9.18 Å². The molecule has 0 saturated heterocycles. The Morgan fingerprint density at radius 2 is 1.95 bits per heavy atom. The van der Waals surface area contributed by atoms with Gasteiger partial charge in [-0.05, 0) is 55.0 Å². The molecular formula is C15H12ClFN2O2S. The quantitative estimate of drug-likeness (QED) is 0.729. The summed E-state index contributed by atoms with van der Waals surface area (Å²) in [6, 6.07) is 8.82. The number of benzene rings is 2. The monoisotopic (exact) mass is 338 g/mol. The summed E-state index contributed by atoms with van der Waals surface area (Å²) in [6.07, 6.45) is 0. The van der Waals surface area contributed by atoms with E-state index in [0.29, 0.717) is 11.4 Å². The molecule has 0 unspecified atom stereocenters. The molecule has 0 aliphatic heterocycles.